The molecule has 15 heavy (non-hydrogen) atoms. The zero-order valence-electron chi connectivity index (χ0n) is 9.28. The fraction of sp³-hybridized carbons (Fsp3) is 0.600. The molecule has 5 heteroatoms. The topological polar surface area (TPSA) is 68.0 Å². The molecule has 0 aliphatic rings. The number of rotatable bonds is 4. The van der Waals surface area contributed by atoms with E-state index in [1.807, 2.05) is 20.8 Å². The normalized spacial score (nSPS) is 14.7. The van der Waals surface area contributed by atoms with Crippen LogP contribution in [0.4, 0.5) is 5.13 Å². The lowest BCUT2D eigenvalue weighted by Crippen LogP contribution is -2.40. The van der Waals surface area contributed by atoms with E-state index in [1.54, 1.807) is 6.20 Å². The maximum absolute atomic E-state index is 11.7. The van der Waals surface area contributed by atoms with E-state index in [-0.39, 0.29) is 11.8 Å². The number of nitrogens with zero attached hydrogens (tertiary/aromatic N) is 1. The van der Waals surface area contributed by atoms with Crippen molar-refractivity contribution in [1.29, 1.82) is 0 Å². The molecule has 2 atom stereocenters. The molecule has 0 saturated heterocycles. The minimum atomic E-state index is -0.459. The molecule has 0 unspecified atom stereocenters. The number of nitrogens with two attached hydrogens (primary N) is 1. The van der Waals surface area contributed by atoms with Crippen LogP contribution in [0.15, 0.2) is 6.20 Å². The van der Waals surface area contributed by atoms with Gasteiger partial charge in [0.25, 0.3) is 0 Å². The predicted molar refractivity (Wildman–Crippen MR) is 62.9 cm³/mol. The second-order valence-corrected chi connectivity index (χ2v) is 4.91. The van der Waals surface area contributed by atoms with Gasteiger partial charge in [0.15, 0.2) is 5.13 Å². The molecule has 1 rings (SSSR count). The van der Waals surface area contributed by atoms with E-state index in [0.29, 0.717) is 5.13 Å². The van der Waals surface area contributed by atoms with Crippen LogP contribution >= 0.6 is 11.3 Å². The lowest BCUT2D eigenvalue weighted by Gasteiger charge is -2.16. The molecular formula is C10H17N3OS. The highest BCUT2D eigenvalue weighted by Crippen LogP contribution is 2.17. The number of aryl methyl sites for hydroxylation is 1. The summed E-state index contributed by atoms with van der Waals surface area (Å²) >= 11 is 1.45. The third-order valence-electron chi connectivity index (χ3n) is 2.41. The van der Waals surface area contributed by atoms with Gasteiger partial charge in [0.1, 0.15) is 0 Å². The quantitative estimate of drug-likeness (QED) is 0.823. The van der Waals surface area contributed by atoms with Crippen molar-refractivity contribution in [3.63, 3.8) is 0 Å². The SMILES string of the molecule is CC[C@H](C)[C@H](N)C(=O)Nc1ncc(C)s1. The third kappa shape index (κ3) is 3.28. The molecule has 0 fully saturated rings. The van der Waals surface area contributed by atoms with Gasteiger partial charge in [0.05, 0.1) is 6.04 Å². The summed E-state index contributed by atoms with van der Waals surface area (Å²) < 4.78 is 0. The molecule has 3 N–H and O–H groups in total. The van der Waals surface area contributed by atoms with E-state index in [1.165, 1.54) is 11.3 Å². The predicted octanol–water partition coefficient (Wildman–Crippen LogP) is 1.76. The Morgan fingerprint density at radius 2 is 2.40 bits per heavy atom. The van der Waals surface area contributed by atoms with Gasteiger partial charge in [-0.25, -0.2) is 4.98 Å². The van der Waals surface area contributed by atoms with Gasteiger partial charge >= 0.3 is 0 Å². The highest BCUT2D eigenvalue weighted by Gasteiger charge is 2.19. The fourth-order valence-corrected chi connectivity index (χ4v) is 1.78. The second-order valence-electron chi connectivity index (χ2n) is 3.68. The molecule has 4 nitrogen and oxygen atoms in total. The van der Waals surface area contributed by atoms with E-state index < -0.39 is 6.04 Å². The number of hydrogen-bond donors (Lipinski definition) is 2. The summed E-state index contributed by atoms with van der Waals surface area (Å²) in [4.78, 5) is 16.8. The first kappa shape index (κ1) is 12.1. The monoisotopic (exact) mass is 227 g/mol. The minimum absolute atomic E-state index is 0.154. The van der Waals surface area contributed by atoms with Crippen LogP contribution < -0.4 is 11.1 Å². The average Bonchev–Trinajstić information content (AvgIpc) is 2.61. The summed E-state index contributed by atoms with van der Waals surface area (Å²) in [6.07, 6.45) is 2.63. The molecule has 0 saturated carbocycles. The van der Waals surface area contributed by atoms with Crippen molar-refractivity contribution in [2.45, 2.75) is 33.2 Å². The summed E-state index contributed by atoms with van der Waals surface area (Å²) in [6, 6.07) is -0.459. The lowest BCUT2D eigenvalue weighted by molar-refractivity contribution is -0.118. The van der Waals surface area contributed by atoms with Gasteiger partial charge in [-0.05, 0) is 12.8 Å². The van der Waals surface area contributed by atoms with Crippen LogP contribution in [0, 0.1) is 12.8 Å². The summed E-state index contributed by atoms with van der Waals surface area (Å²) in [6.45, 7) is 5.94. The Balaban J connectivity index is 2.55. The Kier molecular flexibility index (Phi) is 4.23. The minimum Gasteiger partial charge on any atom is -0.320 e. The number of carbonyl (C=O) groups is 1. The van der Waals surface area contributed by atoms with Gasteiger partial charge in [-0.15, -0.1) is 11.3 Å². The molecule has 0 spiro atoms. The number of aromatic nitrogens is 1. The molecule has 0 aliphatic carbocycles. The first-order valence-electron chi connectivity index (χ1n) is 5.03. The van der Waals surface area contributed by atoms with Crippen molar-refractivity contribution < 1.29 is 4.79 Å². The van der Waals surface area contributed by atoms with Gasteiger partial charge < -0.3 is 11.1 Å². The molecule has 1 aromatic rings. The van der Waals surface area contributed by atoms with Crippen LogP contribution in [0.3, 0.4) is 0 Å². The van der Waals surface area contributed by atoms with Gasteiger partial charge in [-0.3, -0.25) is 4.79 Å². The summed E-state index contributed by atoms with van der Waals surface area (Å²) in [5, 5.41) is 3.34. The van der Waals surface area contributed by atoms with E-state index in [0.717, 1.165) is 11.3 Å². The number of carbonyl (C=O) groups excluding carboxylic acids is 1. The average molecular weight is 227 g/mol. The molecular weight excluding hydrogens is 210 g/mol. The maximum Gasteiger partial charge on any atom is 0.243 e. The Morgan fingerprint density at radius 3 is 2.87 bits per heavy atom. The Bertz CT molecular complexity index is 337. The fourth-order valence-electron chi connectivity index (χ4n) is 1.11. The summed E-state index contributed by atoms with van der Waals surface area (Å²) in [5.74, 6) is 0.0322. The van der Waals surface area contributed by atoms with Crippen molar-refractivity contribution in [2.24, 2.45) is 11.7 Å². The summed E-state index contributed by atoms with van der Waals surface area (Å²) in [7, 11) is 0. The largest absolute Gasteiger partial charge is 0.320 e. The van der Waals surface area contributed by atoms with Crippen molar-refractivity contribution >= 4 is 22.4 Å². The number of hydrogen-bond acceptors (Lipinski definition) is 4. The van der Waals surface area contributed by atoms with Gasteiger partial charge in [0.2, 0.25) is 5.91 Å². The lowest BCUT2D eigenvalue weighted by atomic mass is 10.00. The van der Waals surface area contributed by atoms with Crippen LogP contribution in [0.25, 0.3) is 0 Å². The van der Waals surface area contributed by atoms with E-state index >= 15 is 0 Å². The number of anilines is 1. The van der Waals surface area contributed by atoms with E-state index in [2.05, 4.69) is 10.3 Å². The molecule has 0 bridgehead atoms. The van der Waals surface area contributed by atoms with Crippen molar-refractivity contribution in [2.75, 3.05) is 5.32 Å². The standard InChI is InChI=1S/C10H17N3OS/c1-4-6(2)8(11)9(14)13-10-12-5-7(3)15-10/h5-6,8H,4,11H2,1-3H3,(H,12,13,14)/t6-,8-/m0/s1. The number of amides is 1. The first-order chi connectivity index (χ1) is 7.04. The van der Waals surface area contributed by atoms with Gasteiger partial charge in [-0.2, -0.15) is 0 Å². The van der Waals surface area contributed by atoms with Crippen molar-refractivity contribution in [3.8, 4) is 0 Å². The van der Waals surface area contributed by atoms with Crippen LogP contribution in [0.2, 0.25) is 0 Å². The molecule has 1 amide bonds. The van der Waals surface area contributed by atoms with E-state index in [4.69, 9.17) is 5.73 Å². The Hall–Kier alpha value is -0.940. The molecule has 0 aromatic carbocycles. The molecule has 1 aromatic heterocycles. The number of nitrogens with one attached hydrogen (secondary N) is 1. The number of thiazole rings is 1. The zero-order valence-corrected chi connectivity index (χ0v) is 10.1. The maximum atomic E-state index is 11.7. The highest BCUT2D eigenvalue weighted by atomic mass is 32.1. The molecule has 84 valence electrons. The summed E-state index contributed by atoms with van der Waals surface area (Å²) in [5.41, 5.74) is 5.79. The third-order valence-corrected chi connectivity index (χ3v) is 3.24. The van der Waals surface area contributed by atoms with Crippen LogP contribution in [-0.4, -0.2) is 16.9 Å². The van der Waals surface area contributed by atoms with Gasteiger partial charge in [-0.1, -0.05) is 20.3 Å². The second kappa shape index (κ2) is 5.23. The highest BCUT2D eigenvalue weighted by molar-refractivity contribution is 7.15. The smallest absolute Gasteiger partial charge is 0.243 e. The van der Waals surface area contributed by atoms with E-state index in [9.17, 15) is 4.79 Å². The zero-order chi connectivity index (χ0) is 11.4. The Labute approximate surface area is 93.9 Å². The van der Waals surface area contributed by atoms with Crippen LogP contribution in [0.5, 0.6) is 0 Å². The van der Waals surface area contributed by atoms with Crippen molar-refractivity contribution in [1.82, 2.24) is 4.98 Å². The Morgan fingerprint density at radius 1 is 1.73 bits per heavy atom. The van der Waals surface area contributed by atoms with Crippen LogP contribution in [-0.2, 0) is 4.79 Å². The van der Waals surface area contributed by atoms with Gasteiger partial charge in [0, 0.05) is 11.1 Å². The molecule has 0 aliphatic heterocycles. The van der Waals surface area contributed by atoms with Crippen LogP contribution in [0.1, 0.15) is 25.1 Å². The van der Waals surface area contributed by atoms with Crippen molar-refractivity contribution in [3.05, 3.63) is 11.1 Å². The molecule has 0 radical (unpaired) electrons. The first-order valence-corrected chi connectivity index (χ1v) is 5.85. The molecule has 1 heterocycles.